The molecule has 1 heterocycles. The lowest BCUT2D eigenvalue weighted by Gasteiger charge is -2.09. The van der Waals surface area contributed by atoms with Gasteiger partial charge in [0.05, 0.1) is 17.7 Å². The van der Waals surface area contributed by atoms with Crippen LogP contribution in [0, 0.1) is 10.1 Å². The summed E-state index contributed by atoms with van der Waals surface area (Å²) in [4.78, 5) is 10.1. The molecule has 7 heteroatoms. The van der Waals surface area contributed by atoms with Crippen LogP contribution in [0.15, 0.2) is 47.1 Å². The maximum absolute atomic E-state index is 10.5. The molecule has 0 unspecified atom stereocenters. The molecule has 2 rings (SSSR count). The van der Waals surface area contributed by atoms with Crippen LogP contribution in [0.3, 0.4) is 0 Å². The number of furan rings is 1. The lowest BCUT2D eigenvalue weighted by atomic mass is 10.3. The molecule has 0 aliphatic carbocycles. The molecular weight excluding hydrogens is 266 g/mol. The molecule has 19 heavy (non-hydrogen) atoms. The van der Waals surface area contributed by atoms with Gasteiger partial charge in [0, 0.05) is 17.8 Å². The van der Waals surface area contributed by atoms with Gasteiger partial charge >= 0.3 is 0 Å². The molecule has 0 amide bonds. The van der Waals surface area contributed by atoms with Crippen molar-refractivity contribution in [2.24, 2.45) is 0 Å². The molecule has 0 bridgehead atoms. The van der Waals surface area contributed by atoms with Gasteiger partial charge in [-0.1, -0.05) is 0 Å². The van der Waals surface area contributed by atoms with Crippen molar-refractivity contribution in [3.8, 4) is 0 Å². The highest BCUT2D eigenvalue weighted by Gasteiger charge is 2.04. The molecule has 0 atom stereocenters. The van der Waals surface area contributed by atoms with E-state index in [0.717, 1.165) is 5.76 Å². The van der Waals surface area contributed by atoms with Crippen LogP contribution in [0.5, 0.6) is 0 Å². The Morgan fingerprint density at radius 1 is 1.32 bits per heavy atom. The van der Waals surface area contributed by atoms with Gasteiger partial charge < -0.3 is 15.1 Å². The maximum Gasteiger partial charge on any atom is 0.269 e. The molecule has 0 aliphatic heterocycles. The van der Waals surface area contributed by atoms with Crippen molar-refractivity contribution in [1.82, 2.24) is 5.32 Å². The Hall–Kier alpha value is -2.41. The van der Waals surface area contributed by atoms with Crippen LogP contribution in [0.25, 0.3) is 0 Å². The second-order valence-corrected chi connectivity index (χ2v) is 4.10. The average molecular weight is 277 g/mol. The number of nitrogens with one attached hydrogen (secondary N) is 2. The first-order chi connectivity index (χ1) is 9.15. The summed E-state index contributed by atoms with van der Waals surface area (Å²) in [5, 5.41) is 16.8. The van der Waals surface area contributed by atoms with Crippen LogP contribution in [-0.2, 0) is 6.54 Å². The van der Waals surface area contributed by atoms with Gasteiger partial charge in [-0.05, 0) is 36.5 Å². The Kier molecular flexibility index (Phi) is 4.09. The minimum Gasteiger partial charge on any atom is -0.467 e. The summed E-state index contributed by atoms with van der Waals surface area (Å²) < 4.78 is 5.15. The van der Waals surface area contributed by atoms with E-state index in [2.05, 4.69) is 10.6 Å². The van der Waals surface area contributed by atoms with Crippen molar-refractivity contribution in [3.63, 3.8) is 0 Å². The number of nitrogens with zero attached hydrogens (tertiary/aromatic N) is 1. The Bertz CT molecular complexity index is 566. The molecule has 1 aromatic carbocycles. The zero-order valence-corrected chi connectivity index (χ0v) is 10.6. The predicted octanol–water partition coefficient (Wildman–Crippen LogP) is 2.67. The Balaban J connectivity index is 1.86. The third-order valence-electron chi connectivity index (χ3n) is 2.34. The fraction of sp³-hybridized carbons (Fsp3) is 0.0833. The summed E-state index contributed by atoms with van der Waals surface area (Å²) in [5.74, 6) is 0.771. The van der Waals surface area contributed by atoms with Crippen LogP contribution in [0.2, 0.25) is 0 Å². The van der Waals surface area contributed by atoms with Crippen molar-refractivity contribution >= 4 is 28.7 Å². The third kappa shape index (κ3) is 3.78. The molecule has 0 saturated heterocycles. The summed E-state index contributed by atoms with van der Waals surface area (Å²) >= 11 is 5.10. The van der Waals surface area contributed by atoms with E-state index >= 15 is 0 Å². The summed E-state index contributed by atoms with van der Waals surface area (Å²) in [6.45, 7) is 0.478. The predicted molar refractivity (Wildman–Crippen MR) is 74.9 cm³/mol. The Morgan fingerprint density at radius 3 is 2.63 bits per heavy atom. The Labute approximate surface area is 114 Å². The standard InChI is InChI=1S/C12H11N3O3S/c16-15(17)10-5-3-9(4-6-10)14-12(19)13-8-11-2-1-7-18-11/h1-7H,8H2,(H2,13,14,19). The third-order valence-corrected chi connectivity index (χ3v) is 2.59. The average Bonchev–Trinajstić information content (AvgIpc) is 2.90. The molecule has 0 spiro atoms. The lowest BCUT2D eigenvalue weighted by molar-refractivity contribution is -0.384. The second kappa shape index (κ2) is 5.96. The molecule has 0 fully saturated rings. The fourth-order valence-electron chi connectivity index (χ4n) is 1.42. The van der Waals surface area contributed by atoms with E-state index in [1.54, 1.807) is 24.5 Å². The van der Waals surface area contributed by atoms with E-state index in [9.17, 15) is 10.1 Å². The number of rotatable bonds is 4. The number of non-ortho nitro benzene ring substituents is 1. The van der Waals surface area contributed by atoms with Crippen molar-refractivity contribution in [2.75, 3.05) is 5.32 Å². The Morgan fingerprint density at radius 2 is 2.05 bits per heavy atom. The van der Waals surface area contributed by atoms with E-state index < -0.39 is 4.92 Å². The van der Waals surface area contributed by atoms with Gasteiger partial charge in [-0.2, -0.15) is 0 Å². The fourth-order valence-corrected chi connectivity index (χ4v) is 1.61. The zero-order chi connectivity index (χ0) is 13.7. The monoisotopic (exact) mass is 277 g/mol. The summed E-state index contributed by atoms with van der Waals surface area (Å²) in [7, 11) is 0. The molecule has 0 radical (unpaired) electrons. The van der Waals surface area contributed by atoms with E-state index in [4.69, 9.17) is 16.6 Å². The van der Waals surface area contributed by atoms with E-state index in [1.165, 1.54) is 12.1 Å². The van der Waals surface area contributed by atoms with Crippen LogP contribution in [-0.4, -0.2) is 10.0 Å². The van der Waals surface area contributed by atoms with Crippen molar-refractivity contribution in [2.45, 2.75) is 6.54 Å². The van der Waals surface area contributed by atoms with Crippen molar-refractivity contribution in [3.05, 3.63) is 58.5 Å². The van der Waals surface area contributed by atoms with Crippen molar-refractivity contribution in [1.29, 1.82) is 0 Å². The summed E-state index contributed by atoms with van der Waals surface area (Å²) in [6.07, 6.45) is 1.59. The van der Waals surface area contributed by atoms with E-state index in [0.29, 0.717) is 17.3 Å². The lowest BCUT2D eigenvalue weighted by Crippen LogP contribution is -2.27. The second-order valence-electron chi connectivity index (χ2n) is 3.69. The van der Waals surface area contributed by atoms with Gasteiger partial charge in [-0.3, -0.25) is 10.1 Å². The van der Waals surface area contributed by atoms with Crippen molar-refractivity contribution < 1.29 is 9.34 Å². The largest absolute Gasteiger partial charge is 0.467 e. The van der Waals surface area contributed by atoms with E-state index in [1.807, 2.05) is 6.07 Å². The number of benzene rings is 1. The maximum atomic E-state index is 10.5. The quantitative estimate of drug-likeness (QED) is 0.508. The van der Waals surface area contributed by atoms with Gasteiger partial charge in [0.2, 0.25) is 0 Å². The van der Waals surface area contributed by atoms with Crippen LogP contribution < -0.4 is 10.6 Å². The van der Waals surface area contributed by atoms with Gasteiger partial charge in [-0.15, -0.1) is 0 Å². The number of nitro groups is 1. The number of thiocarbonyl (C=S) groups is 1. The molecule has 6 nitrogen and oxygen atoms in total. The summed E-state index contributed by atoms with van der Waals surface area (Å²) in [6, 6.07) is 9.65. The minimum atomic E-state index is -0.447. The van der Waals surface area contributed by atoms with Gasteiger partial charge in [0.15, 0.2) is 5.11 Å². The normalized spacial score (nSPS) is 9.89. The van der Waals surface area contributed by atoms with Gasteiger partial charge in [0.25, 0.3) is 5.69 Å². The van der Waals surface area contributed by atoms with E-state index in [-0.39, 0.29) is 5.69 Å². The molecule has 2 N–H and O–H groups in total. The molecule has 0 aliphatic rings. The highest BCUT2D eigenvalue weighted by Crippen LogP contribution is 2.15. The molecular formula is C12H11N3O3S. The summed E-state index contributed by atoms with van der Waals surface area (Å²) in [5.41, 5.74) is 0.725. The van der Waals surface area contributed by atoms with Crippen LogP contribution in [0.4, 0.5) is 11.4 Å². The molecule has 2 aromatic rings. The SMILES string of the molecule is O=[N+]([O-])c1ccc(NC(=S)NCc2ccco2)cc1. The number of nitro benzene ring substituents is 1. The highest BCUT2D eigenvalue weighted by atomic mass is 32.1. The number of anilines is 1. The van der Waals surface area contributed by atoms with Gasteiger partial charge in [0.1, 0.15) is 5.76 Å². The first-order valence-corrected chi connectivity index (χ1v) is 5.87. The molecule has 0 saturated carbocycles. The number of hydrogen-bond donors (Lipinski definition) is 2. The zero-order valence-electron chi connectivity index (χ0n) is 9.83. The minimum absolute atomic E-state index is 0.0417. The smallest absolute Gasteiger partial charge is 0.269 e. The molecule has 1 aromatic heterocycles. The van der Waals surface area contributed by atoms with Crippen LogP contribution >= 0.6 is 12.2 Å². The first kappa shape index (κ1) is 13.0. The van der Waals surface area contributed by atoms with Gasteiger partial charge in [-0.25, -0.2) is 0 Å². The number of hydrogen-bond acceptors (Lipinski definition) is 4. The highest BCUT2D eigenvalue weighted by molar-refractivity contribution is 7.80. The topological polar surface area (TPSA) is 80.3 Å². The van der Waals surface area contributed by atoms with Crippen LogP contribution in [0.1, 0.15) is 5.76 Å². The first-order valence-electron chi connectivity index (χ1n) is 5.47. The molecule has 98 valence electrons.